The maximum atomic E-state index is 12.4. The first kappa shape index (κ1) is 48.8. The second kappa shape index (κ2) is 39.0. The van der Waals surface area contributed by atoms with Crippen molar-refractivity contribution in [2.45, 2.75) is 195 Å². The maximum Gasteiger partial charge on any atom is 0.305 e. The van der Waals surface area contributed by atoms with Gasteiger partial charge in [0, 0.05) is 25.9 Å². The molecule has 0 rings (SSSR count). The second-order valence-electron chi connectivity index (χ2n) is 14.9. The minimum Gasteiger partial charge on any atom is -0.464 e. The molecule has 0 saturated carbocycles. The van der Waals surface area contributed by atoms with Crippen LogP contribution in [0.3, 0.4) is 0 Å². The number of rotatable bonds is 40. The van der Waals surface area contributed by atoms with E-state index in [4.69, 9.17) is 9.47 Å². The van der Waals surface area contributed by atoms with Gasteiger partial charge in [-0.25, -0.2) is 0 Å². The molecule has 0 atom stereocenters. The van der Waals surface area contributed by atoms with Gasteiger partial charge in [-0.2, -0.15) is 0 Å². The molecule has 0 aromatic carbocycles. The van der Waals surface area contributed by atoms with Gasteiger partial charge in [0.05, 0.1) is 0 Å². The van der Waals surface area contributed by atoms with Crippen molar-refractivity contribution in [3.05, 3.63) is 0 Å². The summed E-state index contributed by atoms with van der Waals surface area (Å²) in [5, 5.41) is 0. The molecule has 0 aromatic heterocycles. The molecule has 0 heterocycles. The van der Waals surface area contributed by atoms with Crippen molar-refractivity contribution in [3.63, 3.8) is 0 Å². The van der Waals surface area contributed by atoms with Gasteiger partial charge in [0.25, 0.3) is 0 Å². The van der Waals surface area contributed by atoms with E-state index in [-0.39, 0.29) is 11.9 Å². The number of carbonyl (C=O) groups excluding carboxylic acids is 2. The maximum absolute atomic E-state index is 12.4. The van der Waals surface area contributed by atoms with Crippen LogP contribution in [0.2, 0.25) is 0 Å². The Labute approximate surface area is 312 Å². The average Bonchev–Trinajstić information content (AvgIpc) is 3.11. The Hall–Kier alpha value is -1.18. The standard InChI is InChI=1S/C43H87N3O4/c1-6-10-12-14-16-18-20-22-24-26-28-32-42(47)49-40-38-46(37-31-35-44(5)34-30-36-45(8-3)9-4)39-41-50-43(48)33-29-27-25-23-21-19-17-15-13-11-7-2/h6-41H2,1-5H3. The van der Waals surface area contributed by atoms with Crippen LogP contribution in [0.15, 0.2) is 0 Å². The summed E-state index contributed by atoms with van der Waals surface area (Å²) in [7, 11) is 2.21. The van der Waals surface area contributed by atoms with Gasteiger partial charge in [0.15, 0.2) is 0 Å². The predicted molar refractivity (Wildman–Crippen MR) is 215 cm³/mol. The van der Waals surface area contributed by atoms with Crippen molar-refractivity contribution >= 4 is 11.9 Å². The van der Waals surface area contributed by atoms with E-state index in [1.54, 1.807) is 0 Å². The first-order chi connectivity index (χ1) is 24.5. The van der Waals surface area contributed by atoms with Crippen molar-refractivity contribution in [2.24, 2.45) is 0 Å². The highest BCUT2D eigenvalue weighted by Crippen LogP contribution is 2.13. The van der Waals surface area contributed by atoms with Crippen molar-refractivity contribution in [1.82, 2.24) is 14.7 Å². The summed E-state index contributed by atoms with van der Waals surface area (Å²) < 4.78 is 11.3. The molecule has 0 fully saturated rings. The smallest absolute Gasteiger partial charge is 0.305 e. The van der Waals surface area contributed by atoms with Crippen LogP contribution >= 0.6 is 0 Å². The molecule has 0 aromatic rings. The largest absolute Gasteiger partial charge is 0.464 e. The molecule has 298 valence electrons. The number of unbranched alkanes of at least 4 members (excludes halogenated alkanes) is 20. The van der Waals surface area contributed by atoms with Crippen LogP contribution in [0.25, 0.3) is 0 Å². The van der Waals surface area contributed by atoms with Crippen LogP contribution in [0.1, 0.15) is 195 Å². The lowest BCUT2D eigenvalue weighted by molar-refractivity contribution is -0.144. The molecule has 0 aliphatic heterocycles. The number of hydrogen-bond donors (Lipinski definition) is 0. The predicted octanol–water partition coefficient (Wildman–Crippen LogP) is 10.8. The first-order valence-corrected chi connectivity index (χ1v) is 21.9. The zero-order valence-electron chi connectivity index (χ0n) is 34.4. The summed E-state index contributed by atoms with van der Waals surface area (Å²) in [5.74, 6) is -0.153. The van der Waals surface area contributed by atoms with Gasteiger partial charge in [0.1, 0.15) is 13.2 Å². The van der Waals surface area contributed by atoms with Crippen molar-refractivity contribution in [1.29, 1.82) is 0 Å². The summed E-state index contributed by atoms with van der Waals surface area (Å²) in [6, 6.07) is 0. The summed E-state index contributed by atoms with van der Waals surface area (Å²) in [6.45, 7) is 17.6. The Morgan fingerprint density at radius 3 is 1.04 bits per heavy atom. The molecule has 7 nitrogen and oxygen atoms in total. The van der Waals surface area contributed by atoms with E-state index in [0.29, 0.717) is 39.1 Å². The van der Waals surface area contributed by atoms with Crippen molar-refractivity contribution < 1.29 is 19.1 Å². The monoisotopic (exact) mass is 710 g/mol. The van der Waals surface area contributed by atoms with Crippen LogP contribution < -0.4 is 0 Å². The van der Waals surface area contributed by atoms with Crippen LogP contribution in [0.4, 0.5) is 0 Å². The van der Waals surface area contributed by atoms with E-state index >= 15 is 0 Å². The lowest BCUT2D eigenvalue weighted by Crippen LogP contribution is -2.35. The number of nitrogens with zero attached hydrogens (tertiary/aromatic N) is 3. The third-order valence-corrected chi connectivity index (χ3v) is 10.2. The van der Waals surface area contributed by atoms with Crippen molar-refractivity contribution in [3.8, 4) is 0 Å². The summed E-state index contributed by atoms with van der Waals surface area (Å²) >= 11 is 0. The minimum absolute atomic E-state index is 0.0767. The molecular weight excluding hydrogens is 622 g/mol. The fraction of sp³-hybridized carbons (Fsp3) is 0.953. The highest BCUT2D eigenvalue weighted by atomic mass is 16.5. The normalized spacial score (nSPS) is 11.7. The van der Waals surface area contributed by atoms with E-state index in [1.165, 1.54) is 122 Å². The molecule has 0 radical (unpaired) electrons. The zero-order chi connectivity index (χ0) is 36.8. The Morgan fingerprint density at radius 2 is 0.700 bits per heavy atom. The van der Waals surface area contributed by atoms with Crippen LogP contribution in [0, 0.1) is 0 Å². The number of ether oxygens (including phenoxy) is 2. The molecule has 0 aliphatic rings. The van der Waals surface area contributed by atoms with E-state index < -0.39 is 0 Å². The Morgan fingerprint density at radius 1 is 0.380 bits per heavy atom. The van der Waals surface area contributed by atoms with Crippen LogP contribution in [-0.2, 0) is 19.1 Å². The molecule has 50 heavy (non-hydrogen) atoms. The molecule has 0 unspecified atom stereocenters. The Bertz CT molecular complexity index is 674. The lowest BCUT2D eigenvalue weighted by atomic mass is 10.1. The third kappa shape index (κ3) is 35.2. The minimum atomic E-state index is -0.0767. The molecule has 0 N–H and O–H groups in total. The number of hydrogen-bond acceptors (Lipinski definition) is 7. The number of esters is 2. The van der Waals surface area contributed by atoms with E-state index in [0.717, 1.165) is 71.4 Å². The van der Waals surface area contributed by atoms with Gasteiger partial charge in [-0.3, -0.25) is 14.5 Å². The third-order valence-electron chi connectivity index (χ3n) is 10.2. The molecule has 0 aliphatic carbocycles. The average molecular weight is 710 g/mol. The summed E-state index contributed by atoms with van der Waals surface area (Å²) in [6.07, 6.45) is 31.4. The highest BCUT2D eigenvalue weighted by molar-refractivity contribution is 5.69. The molecule has 0 spiro atoms. The molecule has 0 bridgehead atoms. The topological polar surface area (TPSA) is 62.3 Å². The number of carbonyl (C=O) groups is 2. The van der Waals surface area contributed by atoms with Gasteiger partial charge in [-0.1, -0.05) is 156 Å². The fourth-order valence-corrected chi connectivity index (χ4v) is 6.70. The molecular formula is C43H87N3O4. The van der Waals surface area contributed by atoms with Gasteiger partial charge in [-0.05, 0) is 72.0 Å². The zero-order valence-corrected chi connectivity index (χ0v) is 34.4. The second-order valence-corrected chi connectivity index (χ2v) is 14.9. The lowest BCUT2D eigenvalue weighted by Gasteiger charge is -2.24. The molecule has 7 heteroatoms. The Kier molecular flexibility index (Phi) is 38.1. The Balaban J connectivity index is 4.28. The van der Waals surface area contributed by atoms with Crippen LogP contribution in [0.5, 0.6) is 0 Å². The summed E-state index contributed by atoms with van der Waals surface area (Å²) in [4.78, 5) is 32.0. The SMILES string of the molecule is CCCCCCCCCCCCCC(=O)OCCN(CCCN(C)CCCN(CC)CC)CCOC(=O)CCCCCCCCCCCCC. The van der Waals surface area contributed by atoms with Gasteiger partial charge in [-0.15, -0.1) is 0 Å². The molecule has 0 amide bonds. The highest BCUT2D eigenvalue weighted by Gasteiger charge is 2.11. The van der Waals surface area contributed by atoms with E-state index in [9.17, 15) is 9.59 Å². The van der Waals surface area contributed by atoms with Gasteiger partial charge in [0.2, 0.25) is 0 Å². The van der Waals surface area contributed by atoms with E-state index in [2.05, 4.69) is 49.4 Å². The quantitative estimate of drug-likeness (QED) is 0.0463. The van der Waals surface area contributed by atoms with Crippen LogP contribution in [-0.4, -0.2) is 99.3 Å². The molecule has 0 saturated heterocycles. The van der Waals surface area contributed by atoms with Gasteiger partial charge < -0.3 is 19.3 Å². The summed E-state index contributed by atoms with van der Waals surface area (Å²) in [5.41, 5.74) is 0. The van der Waals surface area contributed by atoms with Gasteiger partial charge >= 0.3 is 11.9 Å². The van der Waals surface area contributed by atoms with Crippen molar-refractivity contribution in [2.75, 3.05) is 72.6 Å². The first-order valence-electron chi connectivity index (χ1n) is 21.9. The fourth-order valence-electron chi connectivity index (χ4n) is 6.70. The van der Waals surface area contributed by atoms with E-state index in [1.807, 2.05) is 0 Å².